The number of hydrogen-bond acceptors (Lipinski definition) is 2. The molecule has 13 heavy (non-hydrogen) atoms. The van der Waals surface area contributed by atoms with Gasteiger partial charge in [0.1, 0.15) is 5.78 Å². The second-order valence-corrected chi connectivity index (χ2v) is 4.99. The second-order valence-electron chi connectivity index (χ2n) is 4.99. The Morgan fingerprint density at radius 3 is 2.08 bits per heavy atom. The second kappa shape index (κ2) is 3.25. The molecule has 0 aliphatic carbocycles. The zero-order valence-electron chi connectivity index (χ0n) is 8.35. The van der Waals surface area contributed by atoms with Crippen LogP contribution < -0.4 is 5.32 Å². The lowest BCUT2D eigenvalue weighted by molar-refractivity contribution is -0.126. The number of halogens is 1. The van der Waals surface area contributed by atoms with Crippen molar-refractivity contribution in [2.75, 3.05) is 0 Å². The first-order valence-electron chi connectivity index (χ1n) is 4.83. The maximum atomic E-state index is 11.4. The molecular weight excluding hydrogens is 186 g/mol. The van der Waals surface area contributed by atoms with E-state index in [1.54, 1.807) is 0 Å². The Hall–Kier alpha value is -0.0800. The van der Waals surface area contributed by atoms with Gasteiger partial charge in [0.05, 0.1) is 0 Å². The van der Waals surface area contributed by atoms with Gasteiger partial charge in [-0.05, 0) is 33.1 Å². The zero-order valence-corrected chi connectivity index (χ0v) is 9.17. The van der Waals surface area contributed by atoms with Crippen molar-refractivity contribution in [3.05, 3.63) is 0 Å². The maximum Gasteiger partial charge on any atom is 0.136 e. The summed E-state index contributed by atoms with van der Waals surface area (Å²) in [6.45, 7) is 4.36. The third kappa shape index (κ3) is 2.05. The number of piperidine rings is 2. The Bertz CT molecular complexity index is 211. The van der Waals surface area contributed by atoms with Crippen molar-refractivity contribution >= 4 is 18.2 Å². The average Bonchev–Trinajstić information content (AvgIpc) is 1.79. The van der Waals surface area contributed by atoms with Gasteiger partial charge in [0, 0.05) is 23.9 Å². The minimum atomic E-state index is 0. The van der Waals surface area contributed by atoms with Gasteiger partial charge in [0.25, 0.3) is 0 Å². The molecule has 1 N–H and O–H groups in total. The molecule has 2 saturated heterocycles. The number of nitrogens with one attached hydrogen (secondary N) is 1. The average molecular weight is 204 g/mol. The summed E-state index contributed by atoms with van der Waals surface area (Å²) < 4.78 is 0. The lowest BCUT2D eigenvalue weighted by Gasteiger charge is -2.50. The molecule has 2 nitrogen and oxygen atoms in total. The van der Waals surface area contributed by atoms with E-state index in [0.717, 1.165) is 25.7 Å². The van der Waals surface area contributed by atoms with Crippen LogP contribution in [0, 0.1) is 0 Å². The topological polar surface area (TPSA) is 29.1 Å². The fourth-order valence-electron chi connectivity index (χ4n) is 2.92. The van der Waals surface area contributed by atoms with E-state index >= 15 is 0 Å². The number of rotatable bonds is 0. The van der Waals surface area contributed by atoms with Gasteiger partial charge < -0.3 is 5.32 Å². The van der Waals surface area contributed by atoms with Gasteiger partial charge in [-0.25, -0.2) is 0 Å². The van der Waals surface area contributed by atoms with E-state index in [1.165, 1.54) is 6.42 Å². The molecule has 2 rings (SSSR count). The van der Waals surface area contributed by atoms with E-state index in [1.807, 2.05) is 0 Å². The quantitative estimate of drug-likeness (QED) is 0.653. The zero-order chi connectivity index (χ0) is 8.82. The molecule has 3 heteroatoms. The third-order valence-electron chi connectivity index (χ3n) is 3.24. The molecule has 0 saturated carbocycles. The monoisotopic (exact) mass is 203 g/mol. The van der Waals surface area contributed by atoms with E-state index in [0.29, 0.717) is 5.78 Å². The standard InChI is InChI=1S/C10H17NO.ClH/c1-9-4-3-5-10(2,11-9)7-8(12)6-9;/h11H,3-7H2,1-2H3;1H. The Morgan fingerprint density at radius 2 is 1.62 bits per heavy atom. The Balaban J connectivity index is 0.000000845. The van der Waals surface area contributed by atoms with Gasteiger partial charge in [-0.3, -0.25) is 4.79 Å². The van der Waals surface area contributed by atoms with Crippen LogP contribution in [0.1, 0.15) is 46.0 Å². The van der Waals surface area contributed by atoms with Crippen molar-refractivity contribution in [1.82, 2.24) is 5.32 Å². The van der Waals surface area contributed by atoms with Crippen molar-refractivity contribution in [3.63, 3.8) is 0 Å². The van der Waals surface area contributed by atoms with Crippen LogP contribution in [-0.2, 0) is 4.79 Å². The molecular formula is C10H18ClNO. The van der Waals surface area contributed by atoms with E-state index in [9.17, 15) is 4.79 Å². The van der Waals surface area contributed by atoms with E-state index in [2.05, 4.69) is 19.2 Å². The summed E-state index contributed by atoms with van der Waals surface area (Å²) >= 11 is 0. The largest absolute Gasteiger partial charge is 0.305 e. The normalized spacial score (nSPS) is 44.0. The van der Waals surface area contributed by atoms with Gasteiger partial charge in [-0.1, -0.05) is 0 Å². The highest BCUT2D eigenvalue weighted by molar-refractivity contribution is 5.85. The highest BCUT2D eigenvalue weighted by atomic mass is 35.5. The van der Waals surface area contributed by atoms with Gasteiger partial charge in [0.15, 0.2) is 0 Å². The summed E-state index contributed by atoms with van der Waals surface area (Å²) in [5.74, 6) is 0.443. The summed E-state index contributed by atoms with van der Waals surface area (Å²) in [6.07, 6.45) is 5.07. The summed E-state index contributed by atoms with van der Waals surface area (Å²) in [6, 6.07) is 0. The van der Waals surface area contributed by atoms with Gasteiger partial charge in [-0.2, -0.15) is 0 Å². The Labute approximate surface area is 85.9 Å². The number of hydrogen-bond donors (Lipinski definition) is 1. The van der Waals surface area contributed by atoms with Crippen molar-refractivity contribution in [1.29, 1.82) is 0 Å². The van der Waals surface area contributed by atoms with Crippen LogP contribution in [0.25, 0.3) is 0 Å². The first-order chi connectivity index (χ1) is 5.52. The van der Waals surface area contributed by atoms with Crippen molar-refractivity contribution in [2.24, 2.45) is 0 Å². The summed E-state index contributed by atoms with van der Waals surface area (Å²) in [4.78, 5) is 11.4. The van der Waals surface area contributed by atoms with Gasteiger partial charge >= 0.3 is 0 Å². The molecule has 2 atom stereocenters. The highest BCUT2D eigenvalue weighted by Crippen LogP contribution is 2.37. The SMILES string of the molecule is CC12CCCC(C)(CC(=O)C1)N2.Cl. The van der Waals surface area contributed by atoms with Crippen LogP contribution in [0.5, 0.6) is 0 Å². The molecule has 2 aliphatic rings. The van der Waals surface area contributed by atoms with Crippen molar-refractivity contribution < 1.29 is 4.79 Å². The van der Waals surface area contributed by atoms with Crippen LogP contribution in [0.2, 0.25) is 0 Å². The minimum absolute atomic E-state index is 0. The minimum Gasteiger partial charge on any atom is -0.305 e. The summed E-state index contributed by atoms with van der Waals surface area (Å²) in [5.41, 5.74) is 0.227. The Morgan fingerprint density at radius 1 is 1.15 bits per heavy atom. The van der Waals surface area contributed by atoms with Crippen molar-refractivity contribution in [3.8, 4) is 0 Å². The number of ketones is 1. The van der Waals surface area contributed by atoms with Crippen LogP contribution in [-0.4, -0.2) is 16.9 Å². The van der Waals surface area contributed by atoms with E-state index in [-0.39, 0.29) is 23.5 Å². The number of fused-ring (bicyclic) bond motifs is 2. The first-order valence-corrected chi connectivity index (χ1v) is 4.83. The molecule has 0 spiro atoms. The maximum absolute atomic E-state index is 11.4. The fraction of sp³-hybridized carbons (Fsp3) is 0.900. The summed E-state index contributed by atoms with van der Waals surface area (Å²) in [5, 5.41) is 3.62. The molecule has 76 valence electrons. The van der Waals surface area contributed by atoms with E-state index in [4.69, 9.17) is 0 Å². The van der Waals surface area contributed by atoms with Gasteiger partial charge in [0.2, 0.25) is 0 Å². The number of carbonyl (C=O) groups excluding carboxylic acids is 1. The molecule has 2 aliphatic heterocycles. The van der Waals surface area contributed by atoms with Crippen molar-refractivity contribution in [2.45, 2.75) is 57.0 Å². The third-order valence-corrected chi connectivity index (χ3v) is 3.24. The Kier molecular flexibility index (Phi) is 2.75. The van der Waals surface area contributed by atoms with Crippen LogP contribution in [0.3, 0.4) is 0 Å². The predicted octanol–water partition coefficient (Wildman–Crippen LogP) is 2.06. The van der Waals surface area contributed by atoms with E-state index < -0.39 is 0 Å². The molecule has 0 aromatic carbocycles. The lowest BCUT2D eigenvalue weighted by atomic mass is 9.71. The number of Topliss-reactive ketones (excluding diaryl/α,β-unsaturated/α-hetero) is 1. The molecule has 2 fully saturated rings. The molecule has 2 unspecified atom stereocenters. The van der Waals surface area contributed by atoms with Gasteiger partial charge in [-0.15, -0.1) is 12.4 Å². The molecule has 0 amide bonds. The van der Waals surface area contributed by atoms with Crippen LogP contribution >= 0.6 is 12.4 Å². The number of carbonyl (C=O) groups is 1. The van der Waals surface area contributed by atoms with Crippen LogP contribution in [0.15, 0.2) is 0 Å². The predicted molar refractivity (Wildman–Crippen MR) is 55.3 cm³/mol. The fourth-order valence-corrected chi connectivity index (χ4v) is 2.92. The molecule has 2 bridgehead atoms. The first kappa shape index (κ1) is 11.0. The highest BCUT2D eigenvalue weighted by Gasteiger charge is 2.44. The molecule has 0 radical (unpaired) electrons. The summed E-state index contributed by atoms with van der Waals surface area (Å²) in [7, 11) is 0. The molecule has 0 aromatic heterocycles. The molecule has 0 aromatic rings. The molecule has 2 heterocycles. The lowest BCUT2D eigenvalue weighted by Crippen LogP contribution is -2.63. The smallest absolute Gasteiger partial charge is 0.136 e. The van der Waals surface area contributed by atoms with Crippen LogP contribution in [0.4, 0.5) is 0 Å².